The fraction of sp³-hybridized carbons (Fsp3) is 0.385. The molecule has 0 unspecified atom stereocenters. The van der Waals surface area contributed by atoms with Crippen molar-refractivity contribution in [3.8, 4) is 11.8 Å². The Kier molecular flexibility index (Phi) is 3.11. The molecular weight excluding hydrogens is 266 g/mol. The molecule has 5 nitrogen and oxygen atoms in total. The highest BCUT2D eigenvalue weighted by molar-refractivity contribution is 7.91. The van der Waals surface area contributed by atoms with Gasteiger partial charge in [0.2, 0.25) is 0 Å². The van der Waals surface area contributed by atoms with Gasteiger partial charge in [0.1, 0.15) is 17.5 Å². The highest BCUT2D eigenvalue weighted by atomic mass is 32.2. The summed E-state index contributed by atoms with van der Waals surface area (Å²) in [6.45, 7) is 0. The van der Waals surface area contributed by atoms with E-state index in [9.17, 15) is 13.2 Å². The molecule has 1 aromatic carbocycles. The molecule has 0 spiro atoms. The van der Waals surface area contributed by atoms with E-state index >= 15 is 0 Å². The van der Waals surface area contributed by atoms with Crippen LogP contribution in [0.25, 0.3) is 0 Å². The van der Waals surface area contributed by atoms with E-state index < -0.39 is 26.4 Å². The Balaban J connectivity index is 2.44. The molecule has 100 valence electrons. The highest BCUT2D eigenvalue weighted by Gasteiger charge is 2.71. The molecule has 6 heteroatoms. The van der Waals surface area contributed by atoms with E-state index in [4.69, 9.17) is 10.00 Å². The van der Waals surface area contributed by atoms with Crippen molar-refractivity contribution in [1.82, 2.24) is 0 Å². The number of rotatable bonds is 4. The number of methoxy groups -OCH3 is 1. The van der Waals surface area contributed by atoms with Crippen LogP contribution < -0.4 is 4.74 Å². The lowest BCUT2D eigenvalue weighted by Crippen LogP contribution is -2.14. The van der Waals surface area contributed by atoms with E-state index in [-0.39, 0.29) is 0 Å². The maximum Gasteiger partial charge on any atom is 0.153 e. The average molecular weight is 279 g/mol. The zero-order valence-corrected chi connectivity index (χ0v) is 11.3. The van der Waals surface area contributed by atoms with Crippen molar-refractivity contribution in [1.29, 1.82) is 5.26 Å². The molecule has 1 aliphatic rings. The van der Waals surface area contributed by atoms with Crippen LogP contribution in [0.15, 0.2) is 24.3 Å². The van der Waals surface area contributed by atoms with E-state index in [0.29, 0.717) is 17.6 Å². The van der Waals surface area contributed by atoms with E-state index in [1.807, 2.05) is 6.07 Å². The number of aldehydes is 1. The first-order valence-electron chi connectivity index (χ1n) is 5.61. The fourth-order valence-electron chi connectivity index (χ4n) is 2.54. The van der Waals surface area contributed by atoms with Crippen LogP contribution in [-0.2, 0) is 14.6 Å². The summed E-state index contributed by atoms with van der Waals surface area (Å²) in [4.78, 5) is 11.2. The highest BCUT2D eigenvalue weighted by Crippen LogP contribution is 2.61. The van der Waals surface area contributed by atoms with Crippen molar-refractivity contribution in [2.75, 3.05) is 13.4 Å². The summed E-state index contributed by atoms with van der Waals surface area (Å²) in [7, 11) is -1.94. The fourth-order valence-corrected chi connectivity index (χ4v) is 4.30. The van der Waals surface area contributed by atoms with E-state index in [1.54, 1.807) is 24.3 Å². The van der Waals surface area contributed by atoms with Gasteiger partial charge in [0.05, 0.1) is 18.4 Å². The Labute approximate surface area is 111 Å². The number of nitrogens with zero attached hydrogens (tertiary/aromatic N) is 1. The first-order valence-corrected chi connectivity index (χ1v) is 7.56. The van der Waals surface area contributed by atoms with Gasteiger partial charge in [0, 0.05) is 12.2 Å². The van der Waals surface area contributed by atoms with Crippen molar-refractivity contribution in [3.05, 3.63) is 29.8 Å². The Hall–Kier alpha value is -1.87. The molecule has 3 atom stereocenters. The third-order valence-electron chi connectivity index (χ3n) is 3.50. The molecular formula is C13H13NO4S. The number of hydrogen-bond donors (Lipinski definition) is 0. The quantitative estimate of drug-likeness (QED) is 0.765. The van der Waals surface area contributed by atoms with Crippen LogP contribution in [-0.4, -0.2) is 33.3 Å². The zero-order chi connectivity index (χ0) is 14.3. The summed E-state index contributed by atoms with van der Waals surface area (Å²) in [5.41, 5.74) is -0.799. The number of ether oxygens (including phenoxy) is 1. The van der Waals surface area contributed by atoms with Gasteiger partial charge in [-0.3, -0.25) is 0 Å². The Morgan fingerprint density at radius 2 is 1.95 bits per heavy atom. The van der Waals surface area contributed by atoms with E-state index in [0.717, 1.165) is 6.26 Å². The van der Waals surface area contributed by atoms with Gasteiger partial charge in [-0.15, -0.1) is 0 Å². The molecule has 0 amide bonds. The van der Waals surface area contributed by atoms with Crippen molar-refractivity contribution in [2.45, 2.75) is 11.2 Å². The van der Waals surface area contributed by atoms with Gasteiger partial charge < -0.3 is 9.53 Å². The van der Waals surface area contributed by atoms with Crippen LogP contribution in [0.4, 0.5) is 0 Å². The van der Waals surface area contributed by atoms with Crippen molar-refractivity contribution in [2.24, 2.45) is 5.41 Å². The molecule has 0 N–H and O–H groups in total. The van der Waals surface area contributed by atoms with Gasteiger partial charge in [-0.05, 0) is 17.7 Å². The molecule has 0 bridgehead atoms. The van der Waals surface area contributed by atoms with Gasteiger partial charge in [-0.25, -0.2) is 8.42 Å². The monoisotopic (exact) mass is 279 g/mol. The number of benzene rings is 1. The number of carbonyl (C=O) groups excluding carboxylic acids is 1. The molecule has 1 fully saturated rings. The lowest BCUT2D eigenvalue weighted by Gasteiger charge is -2.02. The van der Waals surface area contributed by atoms with Crippen LogP contribution >= 0.6 is 0 Å². The van der Waals surface area contributed by atoms with Crippen molar-refractivity contribution >= 4 is 16.1 Å². The topological polar surface area (TPSA) is 84.2 Å². The van der Waals surface area contributed by atoms with Gasteiger partial charge >= 0.3 is 0 Å². The second-order valence-corrected chi connectivity index (χ2v) is 6.83. The van der Waals surface area contributed by atoms with Crippen LogP contribution in [0.1, 0.15) is 11.5 Å². The molecule has 1 saturated carbocycles. The van der Waals surface area contributed by atoms with Crippen LogP contribution in [0.2, 0.25) is 0 Å². The standard InChI is InChI=1S/C13H13NO4S/c1-18-10-5-3-9(4-6-10)11-12(19(2,16)17)13(11,7-14)8-15/h3-6,8,11-12H,1-2H3/t11-,12-,13-/m1/s1. The minimum absolute atomic E-state index is 0.452. The zero-order valence-electron chi connectivity index (χ0n) is 10.5. The Bertz CT molecular complexity index is 644. The summed E-state index contributed by atoms with van der Waals surface area (Å²) < 4.78 is 28.4. The average Bonchev–Trinajstić information content (AvgIpc) is 3.09. The number of carbonyl (C=O) groups is 1. The molecule has 0 heterocycles. The predicted molar refractivity (Wildman–Crippen MR) is 68.5 cm³/mol. The maximum atomic E-state index is 11.7. The lowest BCUT2D eigenvalue weighted by atomic mass is 10.0. The van der Waals surface area contributed by atoms with Crippen LogP contribution in [0.5, 0.6) is 5.75 Å². The molecule has 2 rings (SSSR count). The van der Waals surface area contributed by atoms with Crippen molar-refractivity contribution in [3.63, 3.8) is 0 Å². The third-order valence-corrected chi connectivity index (χ3v) is 5.09. The predicted octanol–water partition coefficient (Wildman–Crippen LogP) is 0.914. The number of nitriles is 1. The molecule has 0 aliphatic heterocycles. The summed E-state index contributed by atoms with van der Waals surface area (Å²) in [6.07, 6.45) is 1.50. The number of hydrogen-bond acceptors (Lipinski definition) is 5. The molecule has 1 aliphatic carbocycles. The second-order valence-electron chi connectivity index (χ2n) is 4.66. The van der Waals surface area contributed by atoms with E-state index in [2.05, 4.69) is 0 Å². The molecule has 19 heavy (non-hydrogen) atoms. The minimum atomic E-state index is -3.46. The normalized spacial score (nSPS) is 29.3. The molecule has 0 radical (unpaired) electrons. The smallest absolute Gasteiger partial charge is 0.153 e. The molecule has 1 aromatic rings. The van der Waals surface area contributed by atoms with E-state index in [1.165, 1.54) is 7.11 Å². The summed E-state index contributed by atoms with van der Waals surface area (Å²) >= 11 is 0. The molecule has 0 aromatic heterocycles. The van der Waals surface area contributed by atoms with Gasteiger partial charge in [-0.2, -0.15) is 5.26 Å². The largest absolute Gasteiger partial charge is 0.497 e. The summed E-state index contributed by atoms with van der Waals surface area (Å²) in [5.74, 6) is 0.0323. The first kappa shape index (κ1) is 13.6. The summed E-state index contributed by atoms with van der Waals surface area (Å²) in [5, 5.41) is 8.19. The van der Waals surface area contributed by atoms with Gasteiger partial charge in [0.15, 0.2) is 9.84 Å². The van der Waals surface area contributed by atoms with Crippen LogP contribution in [0.3, 0.4) is 0 Å². The van der Waals surface area contributed by atoms with Gasteiger partial charge in [-0.1, -0.05) is 12.1 Å². The minimum Gasteiger partial charge on any atom is -0.497 e. The number of sulfone groups is 1. The first-order chi connectivity index (χ1) is 8.90. The Morgan fingerprint density at radius 3 is 2.26 bits per heavy atom. The second kappa shape index (κ2) is 4.35. The van der Waals surface area contributed by atoms with Gasteiger partial charge in [0.25, 0.3) is 0 Å². The SMILES string of the molecule is COc1ccc([C@@H]2[C@@H](S(C)(=O)=O)[C@]2(C#N)C=O)cc1. The van der Waals surface area contributed by atoms with Crippen LogP contribution in [0, 0.1) is 16.7 Å². The lowest BCUT2D eigenvalue weighted by molar-refractivity contribution is -0.110. The van der Waals surface area contributed by atoms with Crippen molar-refractivity contribution < 1.29 is 17.9 Å². The maximum absolute atomic E-state index is 11.7. The third kappa shape index (κ3) is 2.00. The molecule has 0 saturated heterocycles. The summed E-state index contributed by atoms with van der Waals surface area (Å²) in [6, 6.07) is 8.59. The Morgan fingerprint density at radius 1 is 1.37 bits per heavy atom.